The van der Waals surface area contributed by atoms with Crippen LogP contribution in [0.2, 0.25) is 0 Å². The summed E-state index contributed by atoms with van der Waals surface area (Å²) >= 11 is 0.923. The van der Waals surface area contributed by atoms with Crippen molar-refractivity contribution in [2.75, 3.05) is 30.3 Å². The van der Waals surface area contributed by atoms with E-state index in [0.717, 1.165) is 16.9 Å². The minimum absolute atomic E-state index is 0.0126. The van der Waals surface area contributed by atoms with Crippen LogP contribution in [0.15, 0.2) is 35.2 Å². The Hall–Kier alpha value is -4.15. The van der Waals surface area contributed by atoms with E-state index in [2.05, 4.69) is 30.9 Å². The maximum atomic E-state index is 12.8. The first kappa shape index (κ1) is 26.9. The number of thiazole rings is 1. The van der Waals surface area contributed by atoms with E-state index in [1.807, 2.05) is 0 Å². The summed E-state index contributed by atoms with van der Waals surface area (Å²) in [6.07, 6.45) is -0.0977. The van der Waals surface area contributed by atoms with Crippen molar-refractivity contribution >= 4 is 56.0 Å². The number of aryl methyl sites for hydroxylation is 1. The van der Waals surface area contributed by atoms with E-state index in [1.54, 1.807) is 25.1 Å². The van der Waals surface area contributed by atoms with Gasteiger partial charge in [0.2, 0.25) is 27.8 Å². The molecule has 0 bridgehead atoms. The second kappa shape index (κ2) is 11.1. The fourth-order valence-corrected chi connectivity index (χ4v) is 4.90. The van der Waals surface area contributed by atoms with Crippen molar-refractivity contribution in [2.24, 2.45) is 5.14 Å². The summed E-state index contributed by atoms with van der Waals surface area (Å²) in [5.74, 6) is -1.19. The number of sulfonamides is 1. The monoisotopic (exact) mass is 560 g/mol. The van der Waals surface area contributed by atoms with E-state index in [4.69, 9.17) is 5.14 Å². The van der Waals surface area contributed by atoms with Crippen LogP contribution in [0.25, 0.3) is 0 Å². The van der Waals surface area contributed by atoms with Crippen molar-refractivity contribution in [1.82, 2.24) is 25.2 Å². The molecule has 1 aliphatic rings. The smallest absolute Gasteiger partial charge is 0.347 e. The van der Waals surface area contributed by atoms with E-state index < -0.39 is 16.0 Å². The number of nitrogens with zero attached hydrogens (tertiary/aromatic N) is 4. The standard InChI is InChI=1S/C22H24N8O6S2/c1-12-19(20(33)34)37-22(26-12)29-21-27-14(9-18(32)30-7-6-24-17(31)11-30)8-16(28-21)25-10-13-2-4-15(5-3-13)38(23,35)36/h2-5,8H,6-7,9-11H2,1H3,(H,24,31)(H,33,34)(H2,23,35,36)(H2,25,26,27,28,29). The number of nitrogens with two attached hydrogens (primary N) is 1. The molecule has 0 saturated carbocycles. The largest absolute Gasteiger partial charge is 0.477 e. The van der Waals surface area contributed by atoms with Gasteiger partial charge in [0.1, 0.15) is 10.7 Å². The molecule has 0 spiro atoms. The number of hydrogen-bond donors (Lipinski definition) is 5. The number of piperazine rings is 1. The van der Waals surface area contributed by atoms with Gasteiger partial charge in [-0.2, -0.15) is 4.98 Å². The Labute approximate surface area is 221 Å². The molecule has 3 heterocycles. The summed E-state index contributed by atoms with van der Waals surface area (Å²) in [4.78, 5) is 50.4. The lowest BCUT2D eigenvalue weighted by Crippen LogP contribution is -2.50. The van der Waals surface area contributed by atoms with Crippen LogP contribution in [0.4, 0.5) is 16.9 Å². The summed E-state index contributed by atoms with van der Waals surface area (Å²) in [5.41, 5.74) is 1.43. The maximum absolute atomic E-state index is 12.8. The van der Waals surface area contributed by atoms with Crippen LogP contribution < -0.4 is 21.1 Å². The number of carbonyl (C=O) groups excluding carboxylic acids is 2. The van der Waals surface area contributed by atoms with Crippen LogP contribution in [0.3, 0.4) is 0 Å². The second-order valence-electron chi connectivity index (χ2n) is 8.32. The molecule has 0 radical (unpaired) electrons. The van der Waals surface area contributed by atoms with Gasteiger partial charge in [-0.15, -0.1) is 0 Å². The van der Waals surface area contributed by atoms with Gasteiger partial charge in [0.15, 0.2) is 5.13 Å². The molecule has 0 atom stereocenters. The van der Waals surface area contributed by atoms with E-state index in [9.17, 15) is 27.9 Å². The van der Waals surface area contributed by atoms with Gasteiger partial charge >= 0.3 is 5.97 Å². The molecule has 1 fully saturated rings. The van der Waals surface area contributed by atoms with Crippen LogP contribution in [-0.4, -0.2) is 70.8 Å². The molecule has 3 aromatic rings. The number of anilines is 3. The number of amides is 2. The van der Waals surface area contributed by atoms with Gasteiger partial charge < -0.3 is 20.6 Å². The van der Waals surface area contributed by atoms with E-state index in [0.29, 0.717) is 30.3 Å². The molecule has 2 amide bonds. The highest BCUT2D eigenvalue weighted by Crippen LogP contribution is 2.25. The Morgan fingerprint density at radius 3 is 2.58 bits per heavy atom. The molecule has 1 aliphatic heterocycles. The van der Waals surface area contributed by atoms with Gasteiger partial charge in [0, 0.05) is 25.7 Å². The average Bonchev–Trinajstić information content (AvgIpc) is 3.22. The molecule has 6 N–H and O–H groups in total. The van der Waals surface area contributed by atoms with Gasteiger partial charge in [-0.1, -0.05) is 23.5 Å². The number of aromatic nitrogens is 3. The zero-order valence-electron chi connectivity index (χ0n) is 20.1. The first-order valence-electron chi connectivity index (χ1n) is 11.2. The predicted molar refractivity (Wildman–Crippen MR) is 138 cm³/mol. The first-order valence-corrected chi connectivity index (χ1v) is 13.6. The van der Waals surface area contributed by atoms with Crippen molar-refractivity contribution in [2.45, 2.75) is 24.8 Å². The normalized spacial score (nSPS) is 13.6. The molecular formula is C22H24N8O6S2. The van der Waals surface area contributed by atoms with Gasteiger partial charge in [-0.05, 0) is 24.6 Å². The maximum Gasteiger partial charge on any atom is 0.347 e. The number of nitrogens with one attached hydrogen (secondary N) is 3. The predicted octanol–water partition coefficient (Wildman–Crippen LogP) is 0.444. The number of rotatable bonds is 9. The molecule has 16 heteroatoms. The number of aromatic carboxylic acids is 1. The van der Waals surface area contributed by atoms with Gasteiger partial charge in [-0.3, -0.25) is 14.9 Å². The lowest BCUT2D eigenvalue weighted by molar-refractivity contribution is -0.137. The molecule has 0 unspecified atom stereocenters. The molecule has 14 nitrogen and oxygen atoms in total. The van der Waals surface area contributed by atoms with E-state index in [1.165, 1.54) is 17.0 Å². The number of primary sulfonamides is 1. The summed E-state index contributed by atoms with van der Waals surface area (Å²) in [7, 11) is -3.81. The SMILES string of the molecule is Cc1nc(Nc2nc(CC(=O)N3CCNC(=O)C3)cc(NCc3ccc(S(N)(=O)=O)cc3)n2)sc1C(=O)O. The van der Waals surface area contributed by atoms with Crippen LogP contribution >= 0.6 is 11.3 Å². The quantitative estimate of drug-likeness (QED) is 0.242. The molecule has 38 heavy (non-hydrogen) atoms. The molecule has 200 valence electrons. The van der Waals surface area contributed by atoms with Crippen molar-refractivity contribution < 1.29 is 27.9 Å². The molecule has 1 aromatic carbocycles. The van der Waals surface area contributed by atoms with Crippen LogP contribution in [-0.2, 0) is 32.6 Å². The van der Waals surface area contributed by atoms with Crippen LogP contribution in [0.1, 0.15) is 26.6 Å². The summed E-state index contributed by atoms with van der Waals surface area (Å²) < 4.78 is 23.0. The molecule has 4 rings (SSSR count). The molecule has 1 saturated heterocycles. The van der Waals surface area contributed by atoms with Crippen LogP contribution in [0.5, 0.6) is 0 Å². The summed E-state index contributed by atoms with van der Waals surface area (Å²) in [5, 5.41) is 23.4. The number of carboxylic acids is 1. The van der Waals surface area contributed by atoms with Gasteiger partial charge in [0.25, 0.3) is 0 Å². The lowest BCUT2D eigenvalue weighted by Gasteiger charge is -2.26. The highest BCUT2D eigenvalue weighted by molar-refractivity contribution is 7.89. The minimum Gasteiger partial charge on any atom is -0.477 e. The van der Waals surface area contributed by atoms with Gasteiger partial charge in [0.05, 0.1) is 29.2 Å². The topological polar surface area (TPSA) is 210 Å². The van der Waals surface area contributed by atoms with Crippen LogP contribution in [0, 0.1) is 6.92 Å². The Balaban J connectivity index is 1.56. The highest BCUT2D eigenvalue weighted by Gasteiger charge is 2.22. The Kier molecular flexibility index (Phi) is 7.84. The number of benzene rings is 1. The number of carbonyl (C=O) groups is 3. The van der Waals surface area contributed by atoms with Crippen molar-refractivity contribution in [1.29, 1.82) is 0 Å². The zero-order chi connectivity index (χ0) is 27.4. The fourth-order valence-electron chi connectivity index (χ4n) is 3.59. The highest BCUT2D eigenvalue weighted by atomic mass is 32.2. The molecule has 0 aliphatic carbocycles. The summed E-state index contributed by atoms with van der Waals surface area (Å²) in [6.45, 7) is 2.56. The Morgan fingerprint density at radius 2 is 1.95 bits per heavy atom. The van der Waals surface area contributed by atoms with E-state index >= 15 is 0 Å². The molecule has 2 aromatic heterocycles. The third-order valence-corrected chi connectivity index (χ3v) is 7.43. The van der Waals surface area contributed by atoms with Gasteiger partial charge in [-0.25, -0.2) is 28.3 Å². The third kappa shape index (κ3) is 6.78. The van der Waals surface area contributed by atoms with Crippen molar-refractivity contribution in [3.05, 3.63) is 52.2 Å². The Bertz CT molecular complexity index is 1490. The average molecular weight is 561 g/mol. The number of hydrogen-bond acceptors (Lipinski definition) is 11. The van der Waals surface area contributed by atoms with Crippen molar-refractivity contribution in [3.63, 3.8) is 0 Å². The number of carboxylic acid groups (broad SMARTS) is 1. The zero-order valence-corrected chi connectivity index (χ0v) is 21.7. The second-order valence-corrected chi connectivity index (χ2v) is 10.9. The Morgan fingerprint density at radius 1 is 1.21 bits per heavy atom. The fraction of sp³-hybridized carbons (Fsp3) is 0.273. The van der Waals surface area contributed by atoms with E-state index in [-0.39, 0.29) is 52.2 Å². The lowest BCUT2D eigenvalue weighted by atomic mass is 10.2. The van der Waals surface area contributed by atoms with Crippen molar-refractivity contribution in [3.8, 4) is 0 Å². The third-order valence-electron chi connectivity index (χ3n) is 5.44. The molecular weight excluding hydrogens is 536 g/mol. The first-order chi connectivity index (χ1) is 18.0. The summed E-state index contributed by atoms with van der Waals surface area (Å²) in [6, 6.07) is 7.57. The minimum atomic E-state index is -3.81.